The SMILES string of the molecule is BrCc1cn(Cc2cc(-c3ccccc3)on2)nn1. The normalized spacial score (nSPS) is 10.8. The summed E-state index contributed by atoms with van der Waals surface area (Å²) in [5, 5.41) is 12.8. The van der Waals surface area contributed by atoms with Crippen molar-refractivity contribution in [2.45, 2.75) is 11.9 Å². The van der Waals surface area contributed by atoms with Crippen LogP contribution in [-0.4, -0.2) is 20.2 Å². The van der Waals surface area contributed by atoms with E-state index in [1.54, 1.807) is 4.68 Å². The summed E-state index contributed by atoms with van der Waals surface area (Å²) in [7, 11) is 0. The van der Waals surface area contributed by atoms with E-state index in [1.807, 2.05) is 42.6 Å². The summed E-state index contributed by atoms with van der Waals surface area (Å²) >= 11 is 3.34. The summed E-state index contributed by atoms with van der Waals surface area (Å²) in [5.74, 6) is 0.761. The maximum absolute atomic E-state index is 5.34. The summed E-state index contributed by atoms with van der Waals surface area (Å²) in [6.45, 7) is 0.552. The molecule has 1 aromatic carbocycles. The fourth-order valence-corrected chi connectivity index (χ4v) is 2.02. The number of hydrogen-bond donors (Lipinski definition) is 0. The first-order chi connectivity index (χ1) is 9.35. The maximum atomic E-state index is 5.34. The monoisotopic (exact) mass is 318 g/mol. The molecule has 6 heteroatoms. The Balaban J connectivity index is 1.78. The van der Waals surface area contributed by atoms with Gasteiger partial charge < -0.3 is 4.52 Å². The minimum Gasteiger partial charge on any atom is -0.356 e. The first kappa shape index (κ1) is 12.1. The van der Waals surface area contributed by atoms with Gasteiger partial charge in [-0.3, -0.25) is 0 Å². The van der Waals surface area contributed by atoms with E-state index in [0.717, 1.165) is 22.7 Å². The molecule has 3 aromatic rings. The first-order valence-corrected chi connectivity index (χ1v) is 6.93. The van der Waals surface area contributed by atoms with Gasteiger partial charge in [0.05, 0.1) is 12.2 Å². The van der Waals surface area contributed by atoms with Gasteiger partial charge in [-0.05, 0) is 0 Å². The van der Waals surface area contributed by atoms with Gasteiger partial charge in [-0.2, -0.15) is 0 Å². The highest BCUT2D eigenvalue weighted by atomic mass is 79.9. The number of benzene rings is 1. The quantitative estimate of drug-likeness (QED) is 0.694. The van der Waals surface area contributed by atoms with Crippen molar-refractivity contribution in [1.82, 2.24) is 20.2 Å². The van der Waals surface area contributed by atoms with Crippen molar-refractivity contribution in [2.24, 2.45) is 0 Å². The van der Waals surface area contributed by atoms with Gasteiger partial charge in [-0.15, -0.1) is 5.10 Å². The van der Waals surface area contributed by atoms with Crippen LogP contribution in [-0.2, 0) is 11.9 Å². The molecular weight excluding hydrogens is 308 g/mol. The van der Waals surface area contributed by atoms with Crippen LogP contribution in [0.3, 0.4) is 0 Å². The fraction of sp³-hybridized carbons (Fsp3) is 0.154. The molecule has 3 rings (SSSR count). The molecule has 96 valence electrons. The Hall–Kier alpha value is -1.95. The van der Waals surface area contributed by atoms with Crippen LogP contribution >= 0.6 is 15.9 Å². The van der Waals surface area contributed by atoms with Crippen LogP contribution in [0.25, 0.3) is 11.3 Å². The van der Waals surface area contributed by atoms with Crippen LogP contribution in [0.2, 0.25) is 0 Å². The Morgan fingerprint density at radius 3 is 2.74 bits per heavy atom. The molecule has 0 aliphatic rings. The van der Waals surface area contributed by atoms with E-state index in [1.165, 1.54) is 0 Å². The Labute approximate surface area is 118 Å². The van der Waals surface area contributed by atoms with E-state index in [-0.39, 0.29) is 0 Å². The smallest absolute Gasteiger partial charge is 0.167 e. The zero-order chi connectivity index (χ0) is 13.1. The number of alkyl halides is 1. The minimum atomic E-state index is 0.552. The number of rotatable bonds is 4. The highest BCUT2D eigenvalue weighted by molar-refractivity contribution is 9.08. The van der Waals surface area contributed by atoms with Crippen LogP contribution in [0.15, 0.2) is 47.1 Å². The largest absolute Gasteiger partial charge is 0.356 e. The molecule has 0 bridgehead atoms. The predicted octanol–water partition coefficient (Wildman–Crippen LogP) is 2.88. The van der Waals surface area contributed by atoms with E-state index in [9.17, 15) is 0 Å². The summed E-state index contributed by atoms with van der Waals surface area (Å²) in [6.07, 6.45) is 1.88. The molecule has 0 saturated carbocycles. The molecule has 0 atom stereocenters. The predicted molar refractivity (Wildman–Crippen MR) is 73.7 cm³/mol. The van der Waals surface area contributed by atoms with Gasteiger partial charge in [-0.1, -0.05) is 56.6 Å². The molecule has 0 radical (unpaired) electrons. The molecule has 5 nitrogen and oxygen atoms in total. The van der Waals surface area contributed by atoms with E-state index in [4.69, 9.17) is 4.52 Å². The fourth-order valence-electron chi connectivity index (χ4n) is 1.77. The lowest BCUT2D eigenvalue weighted by Crippen LogP contribution is -2.00. The zero-order valence-corrected chi connectivity index (χ0v) is 11.6. The Kier molecular flexibility index (Phi) is 3.41. The Bertz CT molecular complexity index is 662. The van der Waals surface area contributed by atoms with E-state index < -0.39 is 0 Å². The van der Waals surface area contributed by atoms with Crippen LogP contribution in [0, 0.1) is 0 Å². The molecular formula is C13H11BrN4O. The summed E-state index contributed by atoms with van der Waals surface area (Å²) in [5.41, 5.74) is 2.73. The molecule has 0 amide bonds. The van der Waals surface area contributed by atoms with E-state index in [0.29, 0.717) is 11.9 Å². The second-order valence-corrected chi connectivity index (χ2v) is 4.65. The number of aromatic nitrogens is 4. The molecule has 19 heavy (non-hydrogen) atoms. The van der Waals surface area contributed by atoms with Gasteiger partial charge in [0.25, 0.3) is 0 Å². The molecule has 0 aliphatic heterocycles. The van der Waals surface area contributed by atoms with Crippen molar-refractivity contribution in [1.29, 1.82) is 0 Å². The van der Waals surface area contributed by atoms with Gasteiger partial charge in [-0.25, -0.2) is 4.68 Å². The van der Waals surface area contributed by atoms with Gasteiger partial charge in [0, 0.05) is 23.2 Å². The molecule has 0 saturated heterocycles. The van der Waals surface area contributed by atoms with Crippen molar-refractivity contribution in [2.75, 3.05) is 0 Å². The van der Waals surface area contributed by atoms with Crippen molar-refractivity contribution < 1.29 is 4.52 Å². The highest BCUT2D eigenvalue weighted by Gasteiger charge is 2.08. The number of nitrogens with zero attached hydrogens (tertiary/aromatic N) is 4. The summed E-state index contributed by atoms with van der Waals surface area (Å²) < 4.78 is 7.07. The van der Waals surface area contributed by atoms with Crippen LogP contribution in [0.1, 0.15) is 11.4 Å². The lowest BCUT2D eigenvalue weighted by Gasteiger charge is -1.93. The van der Waals surface area contributed by atoms with Crippen LogP contribution in [0.5, 0.6) is 0 Å². The first-order valence-electron chi connectivity index (χ1n) is 5.81. The lowest BCUT2D eigenvalue weighted by atomic mass is 10.2. The minimum absolute atomic E-state index is 0.552. The second-order valence-electron chi connectivity index (χ2n) is 4.09. The van der Waals surface area contributed by atoms with E-state index >= 15 is 0 Å². The number of halogens is 1. The van der Waals surface area contributed by atoms with Crippen molar-refractivity contribution >= 4 is 15.9 Å². The summed E-state index contributed by atoms with van der Waals surface area (Å²) in [6, 6.07) is 11.8. The summed E-state index contributed by atoms with van der Waals surface area (Å²) in [4.78, 5) is 0. The van der Waals surface area contributed by atoms with Crippen LogP contribution in [0.4, 0.5) is 0 Å². The molecule has 2 heterocycles. The Morgan fingerprint density at radius 2 is 2.00 bits per heavy atom. The standard InChI is InChI=1S/C13H11BrN4O/c14-7-12-9-18(17-15-12)8-11-6-13(19-16-11)10-4-2-1-3-5-10/h1-6,9H,7-8H2. The van der Waals surface area contributed by atoms with Crippen molar-refractivity contribution in [3.05, 3.63) is 54.0 Å². The third-order valence-electron chi connectivity index (χ3n) is 2.66. The molecule has 0 spiro atoms. The maximum Gasteiger partial charge on any atom is 0.167 e. The molecule has 0 N–H and O–H groups in total. The van der Waals surface area contributed by atoms with Crippen molar-refractivity contribution in [3.63, 3.8) is 0 Å². The van der Waals surface area contributed by atoms with Gasteiger partial charge in [0.15, 0.2) is 5.76 Å². The third-order valence-corrected chi connectivity index (χ3v) is 3.24. The van der Waals surface area contributed by atoms with Gasteiger partial charge in [0.2, 0.25) is 0 Å². The molecule has 0 aliphatic carbocycles. The van der Waals surface area contributed by atoms with Crippen molar-refractivity contribution in [3.8, 4) is 11.3 Å². The van der Waals surface area contributed by atoms with Gasteiger partial charge >= 0.3 is 0 Å². The lowest BCUT2D eigenvalue weighted by molar-refractivity contribution is 0.419. The highest BCUT2D eigenvalue weighted by Crippen LogP contribution is 2.19. The average molecular weight is 319 g/mol. The third kappa shape index (κ3) is 2.73. The molecule has 0 unspecified atom stereocenters. The van der Waals surface area contributed by atoms with Gasteiger partial charge in [0.1, 0.15) is 5.69 Å². The second kappa shape index (κ2) is 5.36. The topological polar surface area (TPSA) is 56.7 Å². The molecule has 2 aromatic heterocycles. The zero-order valence-electron chi connectivity index (χ0n) is 10.0. The molecule has 0 fully saturated rings. The van der Waals surface area contributed by atoms with E-state index in [2.05, 4.69) is 31.4 Å². The average Bonchev–Trinajstić information content (AvgIpc) is 3.09. The number of hydrogen-bond acceptors (Lipinski definition) is 4. The van der Waals surface area contributed by atoms with Crippen LogP contribution < -0.4 is 0 Å². The Morgan fingerprint density at radius 1 is 1.16 bits per heavy atom.